The minimum atomic E-state index is 0.262. The number of hydrogen-bond acceptors (Lipinski definition) is 1. The molecular formula is C15H29N. The molecule has 94 valence electrons. The van der Waals surface area contributed by atoms with E-state index in [0.29, 0.717) is 5.41 Å². The first kappa shape index (κ1) is 15.4. The standard InChI is InChI=1S/C15H29N/c1-14(2,3)10-8-11-15(4,5)12-9-13-16(6)7/h8-10,12H,11,13H2,1-7H3/b10-8?,12-9+. The number of allylic oxidation sites excluding steroid dienone is 3. The minimum absolute atomic E-state index is 0.262. The van der Waals surface area contributed by atoms with E-state index < -0.39 is 0 Å². The van der Waals surface area contributed by atoms with Gasteiger partial charge in [0.15, 0.2) is 0 Å². The molecule has 0 rings (SSSR count). The third-order valence-electron chi connectivity index (χ3n) is 2.30. The van der Waals surface area contributed by atoms with E-state index in [1.165, 1.54) is 0 Å². The normalized spacial score (nSPS) is 14.5. The zero-order valence-electron chi connectivity index (χ0n) is 12.2. The Hall–Kier alpha value is -0.560. The van der Waals surface area contributed by atoms with E-state index in [4.69, 9.17) is 0 Å². The molecule has 0 radical (unpaired) electrons. The summed E-state index contributed by atoms with van der Waals surface area (Å²) >= 11 is 0. The molecule has 0 heterocycles. The Kier molecular flexibility index (Phi) is 6.02. The highest BCUT2D eigenvalue weighted by atomic mass is 15.0. The predicted molar refractivity (Wildman–Crippen MR) is 74.7 cm³/mol. The van der Waals surface area contributed by atoms with Crippen molar-refractivity contribution in [3.63, 3.8) is 0 Å². The fourth-order valence-corrected chi connectivity index (χ4v) is 1.37. The van der Waals surface area contributed by atoms with Gasteiger partial charge in [-0.3, -0.25) is 0 Å². The Morgan fingerprint density at radius 3 is 1.88 bits per heavy atom. The van der Waals surface area contributed by atoms with E-state index in [1.807, 2.05) is 0 Å². The number of likely N-dealkylation sites (N-methyl/N-ethyl adjacent to an activating group) is 1. The van der Waals surface area contributed by atoms with Crippen LogP contribution in [0.25, 0.3) is 0 Å². The zero-order chi connectivity index (χ0) is 12.8. The maximum Gasteiger partial charge on any atom is 0.0157 e. The van der Waals surface area contributed by atoms with Crippen LogP contribution in [0.3, 0.4) is 0 Å². The van der Waals surface area contributed by atoms with Crippen LogP contribution in [-0.4, -0.2) is 25.5 Å². The molecule has 0 aromatic carbocycles. The van der Waals surface area contributed by atoms with Gasteiger partial charge in [0.1, 0.15) is 0 Å². The molecule has 1 heteroatoms. The molecule has 16 heavy (non-hydrogen) atoms. The Labute approximate surface area is 102 Å². The third-order valence-corrected chi connectivity index (χ3v) is 2.30. The first-order chi connectivity index (χ1) is 7.12. The molecule has 0 N–H and O–H groups in total. The molecule has 0 fully saturated rings. The molecule has 0 aliphatic heterocycles. The van der Waals surface area contributed by atoms with E-state index in [2.05, 4.69) is 77.9 Å². The van der Waals surface area contributed by atoms with Gasteiger partial charge in [-0.15, -0.1) is 0 Å². The maximum atomic E-state index is 2.32. The van der Waals surface area contributed by atoms with Gasteiger partial charge >= 0.3 is 0 Å². The number of rotatable bonds is 5. The first-order valence-corrected chi connectivity index (χ1v) is 6.12. The predicted octanol–water partition coefficient (Wildman–Crippen LogP) is 4.12. The monoisotopic (exact) mass is 223 g/mol. The van der Waals surface area contributed by atoms with E-state index in [9.17, 15) is 0 Å². The SMILES string of the molecule is CN(C)C/C=C/C(C)(C)CC=CC(C)(C)C. The Bertz CT molecular complexity index is 239. The lowest BCUT2D eigenvalue weighted by atomic mass is 9.87. The van der Waals surface area contributed by atoms with Gasteiger partial charge in [-0.25, -0.2) is 0 Å². The lowest BCUT2D eigenvalue weighted by Gasteiger charge is -2.19. The quantitative estimate of drug-likeness (QED) is 0.634. The molecule has 0 aromatic rings. The molecule has 0 aromatic heterocycles. The summed E-state index contributed by atoms with van der Waals surface area (Å²) in [5, 5.41) is 0. The fourth-order valence-electron chi connectivity index (χ4n) is 1.37. The average Bonchev–Trinajstić information content (AvgIpc) is 1.99. The molecule has 0 saturated carbocycles. The Morgan fingerprint density at radius 1 is 0.875 bits per heavy atom. The molecule has 0 spiro atoms. The molecule has 0 aliphatic carbocycles. The van der Waals surface area contributed by atoms with Crippen molar-refractivity contribution in [1.29, 1.82) is 0 Å². The van der Waals surface area contributed by atoms with E-state index in [-0.39, 0.29) is 5.41 Å². The zero-order valence-corrected chi connectivity index (χ0v) is 12.2. The maximum absolute atomic E-state index is 2.32. The highest BCUT2D eigenvalue weighted by Crippen LogP contribution is 2.24. The van der Waals surface area contributed by atoms with Crippen LogP contribution in [0.4, 0.5) is 0 Å². The lowest BCUT2D eigenvalue weighted by molar-refractivity contribution is 0.444. The summed E-state index contributed by atoms with van der Waals surface area (Å²) in [6.45, 7) is 12.3. The van der Waals surface area contributed by atoms with Crippen LogP contribution in [0.15, 0.2) is 24.3 Å². The largest absolute Gasteiger partial charge is 0.306 e. The summed E-state index contributed by atoms with van der Waals surface area (Å²) in [6.07, 6.45) is 10.3. The van der Waals surface area contributed by atoms with Gasteiger partial charge in [0.2, 0.25) is 0 Å². The smallest absolute Gasteiger partial charge is 0.0157 e. The van der Waals surface area contributed by atoms with E-state index in [1.54, 1.807) is 0 Å². The Balaban J connectivity index is 4.15. The van der Waals surface area contributed by atoms with Crippen molar-refractivity contribution >= 4 is 0 Å². The van der Waals surface area contributed by atoms with Crippen molar-refractivity contribution in [1.82, 2.24) is 4.90 Å². The van der Waals surface area contributed by atoms with Gasteiger partial charge in [0.25, 0.3) is 0 Å². The molecule has 0 amide bonds. The second-order valence-electron chi connectivity index (χ2n) is 6.63. The Morgan fingerprint density at radius 2 is 1.44 bits per heavy atom. The summed E-state index contributed by atoms with van der Waals surface area (Å²) in [4.78, 5) is 2.18. The van der Waals surface area contributed by atoms with Gasteiger partial charge in [0.05, 0.1) is 0 Å². The molecule has 0 unspecified atom stereocenters. The van der Waals surface area contributed by atoms with E-state index in [0.717, 1.165) is 13.0 Å². The summed E-state index contributed by atoms with van der Waals surface area (Å²) < 4.78 is 0. The van der Waals surface area contributed by atoms with Gasteiger partial charge in [-0.1, -0.05) is 58.9 Å². The summed E-state index contributed by atoms with van der Waals surface area (Å²) in [6, 6.07) is 0. The molecular weight excluding hydrogens is 194 g/mol. The van der Waals surface area contributed by atoms with Crippen molar-refractivity contribution in [2.45, 2.75) is 41.0 Å². The topological polar surface area (TPSA) is 3.24 Å². The van der Waals surface area contributed by atoms with Crippen molar-refractivity contribution in [2.75, 3.05) is 20.6 Å². The molecule has 0 atom stereocenters. The van der Waals surface area contributed by atoms with Crippen molar-refractivity contribution in [2.24, 2.45) is 10.8 Å². The second-order valence-corrected chi connectivity index (χ2v) is 6.63. The van der Waals surface area contributed by atoms with Gasteiger partial charge < -0.3 is 4.90 Å². The summed E-state index contributed by atoms with van der Waals surface area (Å²) in [5.41, 5.74) is 0.557. The average molecular weight is 223 g/mol. The molecule has 1 nitrogen and oxygen atoms in total. The third kappa shape index (κ3) is 9.97. The van der Waals surface area contributed by atoms with Crippen LogP contribution < -0.4 is 0 Å². The summed E-state index contributed by atoms with van der Waals surface area (Å²) in [5.74, 6) is 0. The first-order valence-electron chi connectivity index (χ1n) is 6.12. The number of nitrogens with zero attached hydrogens (tertiary/aromatic N) is 1. The van der Waals surface area contributed by atoms with Crippen molar-refractivity contribution < 1.29 is 0 Å². The van der Waals surface area contributed by atoms with Crippen LogP contribution in [-0.2, 0) is 0 Å². The van der Waals surface area contributed by atoms with E-state index >= 15 is 0 Å². The lowest BCUT2D eigenvalue weighted by Crippen LogP contribution is -2.12. The summed E-state index contributed by atoms with van der Waals surface area (Å²) in [7, 11) is 4.19. The van der Waals surface area contributed by atoms with Crippen molar-refractivity contribution in [3.05, 3.63) is 24.3 Å². The highest BCUT2D eigenvalue weighted by molar-refractivity contribution is 5.02. The minimum Gasteiger partial charge on any atom is -0.306 e. The molecule has 0 saturated heterocycles. The number of hydrogen-bond donors (Lipinski definition) is 0. The van der Waals surface area contributed by atoms with Crippen LogP contribution in [0.2, 0.25) is 0 Å². The van der Waals surface area contributed by atoms with Crippen LogP contribution in [0.5, 0.6) is 0 Å². The fraction of sp³-hybridized carbons (Fsp3) is 0.733. The molecule has 0 aliphatic rings. The second kappa shape index (κ2) is 6.24. The van der Waals surface area contributed by atoms with Crippen LogP contribution in [0.1, 0.15) is 41.0 Å². The highest BCUT2D eigenvalue weighted by Gasteiger charge is 2.12. The van der Waals surface area contributed by atoms with Crippen molar-refractivity contribution in [3.8, 4) is 0 Å². The van der Waals surface area contributed by atoms with Crippen LogP contribution >= 0.6 is 0 Å². The van der Waals surface area contributed by atoms with Gasteiger partial charge in [-0.05, 0) is 31.3 Å². The van der Waals surface area contributed by atoms with Gasteiger partial charge in [0, 0.05) is 6.54 Å². The van der Waals surface area contributed by atoms with Crippen LogP contribution in [0, 0.1) is 10.8 Å². The van der Waals surface area contributed by atoms with Gasteiger partial charge in [-0.2, -0.15) is 0 Å². The molecule has 0 bridgehead atoms.